The Morgan fingerprint density at radius 2 is 1.88 bits per heavy atom. The minimum Gasteiger partial charge on any atom is -0.462 e. The summed E-state index contributed by atoms with van der Waals surface area (Å²) in [5.41, 5.74) is 1.64. The van der Waals surface area contributed by atoms with Gasteiger partial charge in [-0.2, -0.15) is 0 Å². The van der Waals surface area contributed by atoms with E-state index in [9.17, 15) is 4.79 Å². The molecule has 1 rings (SSSR count). The van der Waals surface area contributed by atoms with Gasteiger partial charge in [0, 0.05) is 12.2 Å². The Balaban J connectivity index is 2.53. The number of benzene rings is 1. The molecule has 0 heterocycles. The van der Waals surface area contributed by atoms with Crippen molar-refractivity contribution >= 4 is 11.7 Å². The second kappa shape index (κ2) is 6.88. The Kier molecular flexibility index (Phi) is 5.40. The van der Waals surface area contributed by atoms with Crippen molar-refractivity contribution in [3.8, 4) is 0 Å². The van der Waals surface area contributed by atoms with E-state index < -0.39 is 0 Å². The minimum absolute atomic E-state index is 0.246. The summed E-state index contributed by atoms with van der Waals surface area (Å²) in [4.78, 5) is 11.5. The normalized spacial score (nSPS) is 9.88. The molecule has 0 aliphatic carbocycles. The first-order valence-electron chi connectivity index (χ1n) is 5.79. The molecule has 88 valence electrons. The van der Waals surface area contributed by atoms with E-state index in [2.05, 4.69) is 12.2 Å². The van der Waals surface area contributed by atoms with Crippen LogP contribution >= 0.6 is 0 Å². The van der Waals surface area contributed by atoms with Gasteiger partial charge in [0.15, 0.2) is 0 Å². The standard InChI is InChI=1S/C13H19NO2/c1-3-9-14-12-7-5-11(6-8-12)13(15)16-10-4-2/h5-8,14H,3-4,9-10H2,1-2H3. The summed E-state index contributed by atoms with van der Waals surface area (Å²) in [6, 6.07) is 7.38. The minimum atomic E-state index is -0.246. The van der Waals surface area contributed by atoms with Crippen LogP contribution in [0.15, 0.2) is 24.3 Å². The molecular weight excluding hydrogens is 202 g/mol. The molecule has 16 heavy (non-hydrogen) atoms. The fraction of sp³-hybridized carbons (Fsp3) is 0.462. The third-order valence-electron chi connectivity index (χ3n) is 2.14. The highest BCUT2D eigenvalue weighted by Crippen LogP contribution is 2.10. The van der Waals surface area contributed by atoms with Gasteiger partial charge in [-0.15, -0.1) is 0 Å². The van der Waals surface area contributed by atoms with Gasteiger partial charge < -0.3 is 10.1 Å². The smallest absolute Gasteiger partial charge is 0.338 e. The molecule has 0 aromatic heterocycles. The van der Waals surface area contributed by atoms with Crippen LogP contribution in [0, 0.1) is 0 Å². The van der Waals surface area contributed by atoms with Crippen LogP contribution < -0.4 is 5.32 Å². The summed E-state index contributed by atoms with van der Waals surface area (Å²) in [5, 5.41) is 3.25. The molecular formula is C13H19NO2. The SMILES string of the molecule is CCCNc1ccc(C(=O)OCCC)cc1. The number of rotatable bonds is 6. The zero-order chi connectivity index (χ0) is 11.8. The molecule has 1 aromatic carbocycles. The zero-order valence-electron chi connectivity index (χ0n) is 9.95. The number of ether oxygens (including phenoxy) is 1. The molecule has 1 aromatic rings. The van der Waals surface area contributed by atoms with Crippen LogP contribution in [0.25, 0.3) is 0 Å². The number of carbonyl (C=O) groups is 1. The number of esters is 1. The Morgan fingerprint density at radius 1 is 1.19 bits per heavy atom. The van der Waals surface area contributed by atoms with Gasteiger partial charge in [0.2, 0.25) is 0 Å². The van der Waals surface area contributed by atoms with Gasteiger partial charge in [-0.1, -0.05) is 13.8 Å². The van der Waals surface area contributed by atoms with Gasteiger partial charge in [-0.3, -0.25) is 0 Å². The van der Waals surface area contributed by atoms with Crippen molar-refractivity contribution in [3.63, 3.8) is 0 Å². The second-order valence-corrected chi connectivity index (χ2v) is 3.64. The molecule has 0 bridgehead atoms. The van der Waals surface area contributed by atoms with Crippen molar-refractivity contribution in [2.75, 3.05) is 18.5 Å². The first-order valence-corrected chi connectivity index (χ1v) is 5.79. The highest BCUT2D eigenvalue weighted by molar-refractivity contribution is 5.89. The summed E-state index contributed by atoms with van der Waals surface area (Å²) < 4.78 is 5.04. The van der Waals surface area contributed by atoms with Crippen molar-refractivity contribution in [1.82, 2.24) is 0 Å². The molecule has 3 heteroatoms. The summed E-state index contributed by atoms with van der Waals surface area (Å²) >= 11 is 0. The average molecular weight is 221 g/mol. The van der Waals surface area contributed by atoms with Gasteiger partial charge in [-0.05, 0) is 37.1 Å². The van der Waals surface area contributed by atoms with E-state index in [-0.39, 0.29) is 5.97 Å². The van der Waals surface area contributed by atoms with Crippen LogP contribution in [-0.2, 0) is 4.74 Å². The van der Waals surface area contributed by atoms with Gasteiger partial charge in [-0.25, -0.2) is 4.79 Å². The van der Waals surface area contributed by atoms with Gasteiger partial charge in [0.05, 0.1) is 12.2 Å². The molecule has 0 radical (unpaired) electrons. The number of anilines is 1. The lowest BCUT2D eigenvalue weighted by Gasteiger charge is -2.06. The van der Waals surface area contributed by atoms with Crippen molar-refractivity contribution in [3.05, 3.63) is 29.8 Å². The van der Waals surface area contributed by atoms with E-state index in [1.165, 1.54) is 0 Å². The van der Waals surface area contributed by atoms with Crippen molar-refractivity contribution in [1.29, 1.82) is 0 Å². The van der Waals surface area contributed by atoms with Crippen LogP contribution in [0.1, 0.15) is 37.0 Å². The molecule has 0 amide bonds. The number of carbonyl (C=O) groups excluding carboxylic acids is 1. The molecule has 0 spiro atoms. The summed E-state index contributed by atoms with van der Waals surface area (Å²) in [6.45, 7) is 5.52. The predicted molar refractivity (Wildman–Crippen MR) is 65.8 cm³/mol. The van der Waals surface area contributed by atoms with Crippen LogP contribution in [0.3, 0.4) is 0 Å². The molecule has 0 saturated carbocycles. The first kappa shape index (κ1) is 12.6. The zero-order valence-corrected chi connectivity index (χ0v) is 9.95. The van der Waals surface area contributed by atoms with Gasteiger partial charge in [0.25, 0.3) is 0 Å². The lowest BCUT2D eigenvalue weighted by molar-refractivity contribution is 0.0505. The van der Waals surface area contributed by atoms with Crippen molar-refractivity contribution in [2.45, 2.75) is 26.7 Å². The van der Waals surface area contributed by atoms with Crippen molar-refractivity contribution in [2.24, 2.45) is 0 Å². The fourth-order valence-electron chi connectivity index (χ4n) is 1.27. The molecule has 1 N–H and O–H groups in total. The Hall–Kier alpha value is -1.51. The molecule has 0 saturated heterocycles. The predicted octanol–water partition coefficient (Wildman–Crippen LogP) is 3.08. The molecule has 0 fully saturated rings. The molecule has 0 aliphatic heterocycles. The van der Waals surface area contributed by atoms with E-state index >= 15 is 0 Å². The highest BCUT2D eigenvalue weighted by atomic mass is 16.5. The van der Waals surface area contributed by atoms with E-state index in [1.54, 1.807) is 12.1 Å². The van der Waals surface area contributed by atoms with Crippen LogP contribution in [0.2, 0.25) is 0 Å². The van der Waals surface area contributed by atoms with Crippen molar-refractivity contribution < 1.29 is 9.53 Å². The fourth-order valence-corrected chi connectivity index (χ4v) is 1.27. The first-order chi connectivity index (χ1) is 7.77. The Morgan fingerprint density at radius 3 is 2.44 bits per heavy atom. The topological polar surface area (TPSA) is 38.3 Å². The lowest BCUT2D eigenvalue weighted by atomic mass is 10.2. The van der Waals surface area contributed by atoms with E-state index in [0.29, 0.717) is 12.2 Å². The summed E-state index contributed by atoms with van der Waals surface area (Å²) in [5.74, 6) is -0.246. The lowest BCUT2D eigenvalue weighted by Crippen LogP contribution is -2.06. The van der Waals surface area contributed by atoms with Crippen LogP contribution in [0.5, 0.6) is 0 Å². The largest absolute Gasteiger partial charge is 0.462 e. The molecule has 0 unspecified atom stereocenters. The molecule has 3 nitrogen and oxygen atoms in total. The third-order valence-corrected chi connectivity index (χ3v) is 2.14. The van der Waals surface area contributed by atoms with E-state index in [1.807, 2.05) is 19.1 Å². The quantitative estimate of drug-likeness (QED) is 0.750. The number of hydrogen-bond acceptors (Lipinski definition) is 3. The second-order valence-electron chi connectivity index (χ2n) is 3.64. The molecule has 0 atom stereocenters. The summed E-state index contributed by atoms with van der Waals surface area (Å²) in [6.07, 6.45) is 1.93. The van der Waals surface area contributed by atoms with Gasteiger partial charge in [0.1, 0.15) is 0 Å². The van der Waals surface area contributed by atoms with Crippen LogP contribution in [-0.4, -0.2) is 19.1 Å². The highest BCUT2D eigenvalue weighted by Gasteiger charge is 2.05. The maximum absolute atomic E-state index is 11.5. The Labute approximate surface area is 96.8 Å². The number of hydrogen-bond donors (Lipinski definition) is 1. The maximum atomic E-state index is 11.5. The summed E-state index contributed by atoms with van der Waals surface area (Å²) in [7, 11) is 0. The van der Waals surface area contributed by atoms with Crippen LogP contribution in [0.4, 0.5) is 5.69 Å². The van der Waals surface area contributed by atoms with Gasteiger partial charge >= 0.3 is 5.97 Å². The number of nitrogens with one attached hydrogen (secondary N) is 1. The maximum Gasteiger partial charge on any atom is 0.338 e. The monoisotopic (exact) mass is 221 g/mol. The molecule has 0 aliphatic rings. The third kappa shape index (κ3) is 3.93. The van der Waals surface area contributed by atoms with E-state index in [4.69, 9.17) is 4.74 Å². The van der Waals surface area contributed by atoms with E-state index in [0.717, 1.165) is 25.1 Å². The average Bonchev–Trinajstić information content (AvgIpc) is 2.34. The Bertz CT molecular complexity index is 319.